The summed E-state index contributed by atoms with van der Waals surface area (Å²) in [5.74, 6) is -1.83. The van der Waals surface area contributed by atoms with Crippen molar-refractivity contribution in [3.63, 3.8) is 0 Å². The van der Waals surface area contributed by atoms with Crippen molar-refractivity contribution in [2.75, 3.05) is 0 Å². The Morgan fingerprint density at radius 3 is 2.74 bits per heavy atom. The molecule has 3 rings (SSSR count). The minimum atomic E-state index is -0.884. The van der Waals surface area contributed by atoms with Crippen LogP contribution in [0.2, 0.25) is 0 Å². The Labute approximate surface area is 131 Å². The molecule has 2 aromatic carbocycles. The number of aliphatic imine (C=N–C) groups is 1. The maximum absolute atomic E-state index is 13.6. The van der Waals surface area contributed by atoms with Crippen LogP contribution in [-0.4, -0.2) is 17.8 Å². The van der Waals surface area contributed by atoms with Gasteiger partial charge in [0.05, 0.1) is 5.69 Å². The molecule has 0 N–H and O–H groups in total. The fourth-order valence-corrected chi connectivity index (χ4v) is 2.61. The van der Waals surface area contributed by atoms with Gasteiger partial charge in [0.2, 0.25) is 0 Å². The molecule has 1 aliphatic rings. The van der Waals surface area contributed by atoms with Crippen LogP contribution >= 0.6 is 0 Å². The average molecular weight is 313 g/mol. The van der Waals surface area contributed by atoms with E-state index in [0.29, 0.717) is 35.2 Å². The first-order valence-corrected chi connectivity index (χ1v) is 7.20. The number of Topliss-reactive ketones (excluding diaryl/α,β-unsaturated/α-hetero) is 1. The molecule has 3 nitrogen and oxygen atoms in total. The van der Waals surface area contributed by atoms with Crippen LogP contribution in [0.25, 0.3) is 0 Å². The highest BCUT2D eigenvalue weighted by atomic mass is 19.2. The van der Waals surface area contributed by atoms with Crippen molar-refractivity contribution in [2.24, 2.45) is 4.99 Å². The lowest BCUT2D eigenvalue weighted by molar-refractivity contribution is 0.0998. The van der Waals surface area contributed by atoms with Crippen molar-refractivity contribution in [3.05, 3.63) is 64.7 Å². The van der Waals surface area contributed by atoms with Crippen LogP contribution in [0.1, 0.15) is 39.1 Å². The largest absolute Gasteiger partial charge is 0.298 e. The summed E-state index contributed by atoms with van der Waals surface area (Å²) in [6.45, 7) is 0. The summed E-state index contributed by atoms with van der Waals surface area (Å²) in [5, 5.41) is 0. The molecule has 0 fully saturated rings. The first kappa shape index (κ1) is 15.2. The Bertz CT molecular complexity index is 828. The van der Waals surface area contributed by atoms with E-state index in [1.165, 1.54) is 12.1 Å². The van der Waals surface area contributed by atoms with E-state index < -0.39 is 11.6 Å². The van der Waals surface area contributed by atoms with Crippen molar-refractivity contribution in [1.82, 2.24) is 0 Å². The average Bonchev–Trinajstić information content (AvgIpc) is 2.55. The smallest absolute Gasteiger partial charge is 0.170 e. The van der Waals surface area contributed by atoms with E-state index in [9.17, 15) is 18.4 Å². The van der Waals surface area contributed by atoms with Gasteiger partial charge in [0, 0.05) is 23.3 Å². The van der Waals surface area contributed by atoms with Crippen LogP contribution in [0.4, 0.5) is 14.5 Å². The molecule has 5 heteroatoms. The van der Waals surface area contributed by atoms with Gasteiger partial charge in [-0.2, -0.15) is 0 Å². The van der Waals surface area contributed by atoms with Gasteiger partial charge in [-0.25, -0.2) is 8.78 Å². The number of benzene rings is 2. The van der Waals surface area contributed by atoms with Gasteiger partial charge in [0.25, 0.3) is 0 Å². The molecule has 2 aromatic rings. The normalized spacial score (nSPS) is 13.5. The van der Waals surface area contributed by atoms with Crippen LogP contribution in [0, 0.1) is 11.6 Å². The Hall–Kier alpha value is -2.69. The predicted octanol–water partition coefficient (Wildman–Crippen LogP) is 4.07. The zero-order valence-electron chi connectivity index (χ0n) is 12.2. The number of fused-ring (bicyclic) bond motifs is 1. The SMILES string of the molecule is O=Cc1ccc2c(c1)N=C(CCc1cccc(F)c1F)CC2=O. The minimum absolute atomic E-state index is 0.0813. The first-order valence-electron chi connectivity index (χ1n) is 7.20. The lowest BCUT2D eigenvalue weighted by Crippen LogP contribution is -2.14. The second-order valence-corrected chi connectivity index (χ2v) is 5.39. The molecule has 1 heterocycles. The number of halogens is 2. The maximum atomic E-state index is 13.6. The van der Waals surface area contributed by atoms with Crippen molar-refractivity contribution < 1.29 is 18.4 Å². The van der Waals surface area contributed by atoms with Crippen LogP contribution in [0.15, 0.2) is 41.4 Å². The summed E-state index contributed by atoms with van der Waals surface area (Å²) in [6, 6.07) is 8.76. The summed E-state index contributed by atoms with van der Waals surface area (Å²) in [5.41, 5.74) is 2.25. The Kier molecular flexibility index (Phi) is 4.10. The molecule has 0 radical (unpaired) electrons. The van der Waals surface area contributed by atoms with Gasteiger partial charge >= 0.3 is 0 Å². The third-order valence-electron chi connectivity index (χ3n) is 3.82. The van der Waals surface area contributed by atoms with Gasteiger partial charge < -0.3 is 0 Å². The topological polar surface area (TPSA) is 46.5 Å². The Balaban J connectivity index is 1.83. The van der Waals surface area contributed by atoms with E-state index in [1.54, 1.807) is 18.2 Å². The fraction of sp³-hybridized carbons (Fsp3) is 0.167. The molecule has 0 saturated heterocycles. The summed E-state index contributed by atoms with van der Waals surface area (Å²) < 4.78 is 26.8. The Morgan fingerprint density at radius 1 is 1.13 bits per heavy atom. The van der Waals surface area contributed by atoms with Gasteiger partial charge in [-0.05, 0) is 36.6 Å². The fourth-order valence-electron chi connectivity index (χ4n) is 2.61. The van der Waals surface area contributed by atoms with Gasteiger partial charge in [0.15, 0.2) is 17.4 Å². The standard InChI is InChI=1S/C18H13F2NO2/c19-15-3-1-2-12(18(15)20)5-6-13-9-17(23)14-7-4-11(10-22)8-16(14)21-13/h1-4,7-8,10H,5-6,9H2. The highest BCUT2D eigenvalue weighted by Crippen LogP contribution is 2.28. The molecule has 0 aliphatic carbocycles. The maximum Gasteiger partial charge on any atom is 0.170 e. The minimum Gasteiger partial charge on any atom is -0.298 e. The molecule has 0 atom stereocenters. The second-order valence-electron chi connectivity index (χ2n) is 5.39. The lowest BCUT2D eigenvalue weighted by atomic mass is 9.95. The number of aryl methyl sites for hydroxylation is 1. The molecule has 0 amide bonds. The molecular weight excluding hydrogens is 300 g/mol. The van der Waals surface area contributed by atoms with E-state index in [1.807, 2.05) is 0 Å². The number of carbonyl (C=O) groups is 2. The number of carbonyl (C=O) groups excluding carboxylic acids is 2. The third-order valence-corrected chi connectivity index (χ3v) is 3.82. The summed E-state index contributed by atoms with van der Waals surface area (Å²) in [6.07, 6.45) is 1.47. The highest BCUT2D eigenvalue weighted by Gasteiger charge is 2.20. The second kappa shape index (κ2) is 6.20. The number of hydrogen-bond acceptors (Lipinski definition) is 3. The number of rotatable bonds is 4. The summed E-state index contributed by atoms with van der Waals surface area (Å²) in [4.78, 5) is 27.3. The van der Waals surface area contributed by atoms with Crippen LogP contribution < -0.4 is 0 Å². The van der Waals surface area contributed by atoms with Gasteiger partial charge in [-0.15, -0.1) is 0 Å². The van der Waals surface area contributed by atoms with Gasteiger partial charge in [-0.3, -0.25) is 14.6 Å². The zero-order chi connectivity index (χ0) is 16.4. The highest BCUT2D eigenvalue weighted by molar-refractivity contribution is 6.16. The number of aldehydes is 1. The quantitative estimate of drug-likeness (QED) is 0.799. The van der Waals surface area contributed by atoms with E-state index in [2.05, 4.69) is 4.99 Å². The molecule has 116 valence electrons. The molecule has 0 aromatic heterocycles. The van der Waals surface area contributed by atoms with Crippen LogP contribution in [0.3, 0.4) is 0 Å². The van der Waals surface area contributed by atoms with Gasteiger partial charge in [0.1, 0.15) is 6.29 Å². The monoisotopic (exact) mass is 313 g/mol. The summed E-state index contributed by atoms with van der Waals surface area (Å²) in [7, 11) is 0. The molecule has 0 bridgehead atoms. The molecule has 0 saturated carbocycles. The van der Waals surface area contributed by atoms with E-state index in [-0.39, 0.29) is 24.2 Å². The Morgan fingerprint density at radius 2 is 1.96 bits per heavy atom. The van der Waals surface area contributed by atoms with Crippen molar-refractivity contribution in [3.8, 4) is 0 Å². The van der Waals surface area contributed by atoms with E-state index >= 15 is 0 Å². The third kappa shape index (κ3) is 3.08. The molecule has 0 unspecified atom stereocenters. The first-order chi connectivity index (χ1) is 11.1. The number of nitrogens with zero attached hydrogens (tertiary/aromatic N) is 1. The van der Waals surface area contributed by atoms with Gasteiger partial charge in [-0.1, -0.05) is 18.2 Å². The molecule has 0 spiro atoms. The number of hydrogen-bond donors (Lipinski definition) is 0. The van der Waals surface area contributed by atoms with Crippen molar-refractivity contribution in [1.29, 1.82) is 0 Å². The molecule has 23 heavy (non-hydrogen) atoms. The summed E-state index contributed by atoms with van der Waals surface area (Å²) >= 11 is 0. The zero-order valence-corrected chi connectivity index (χ0v) is 12.2. The van der Waals surface area contributed by atoms with E-state index in [4.69, 9.17) is 0 Å². The van der Waals surface area contributed by atoms with Crippen molar-refractivity contribution in [2.45, 2.75) is 19.3 Å². The van der Waals surface area contributed by atoms with Crippen LogP contribution in [-0.2, 0) is 6.42 Å². The predicted molar refractivity (Wildman–Crippen MR) is 82.6 cm³/mol. The van der Waals surface area contributed by atoms with E-state index in [0.717, 1.165) is 6.07 Å². The van der Waals surface area contributed by atoms with Crippen molar-refractivity contribution >= 4 is 23.5 Å². The lowest BCUT2D eigenvalue weighted by Gasteiger charge is -2.15. The van der Waals surface area contributed by atoms with Crippen LogP contribution in [0.5, 0.6) is 0 Å². The molecule has 1 aliphatic heterocycles. The molecular formula is C18H13F2NO2. The number of ketones is 1.